The van der Waals surface area contributed by atoms with Gasteiger partial charge in [-0.3, -0.25) is 0 Å². The van der Waals surface area contributed by atoms with Crippen LogP contribution in [0.5, 0.6) is 0 Å². The number of halogens is 1. The zero-order valence-corrected chi connectivity index (χ0v) is 11.4. The van der Waals surface area contributed by atoms with Crippen LogP contribution in [0.25, 0.3) is 11.1 Å². The smallest absolute Gasteiger partial charge is 0.300 e. The van der Waals surface area contributed by atoms with Gasteiger partial charge in [-0.25, -0.2) is 4.98 Å². The number of pyridine rings is 1. The Balaban J connectivity index is 1.85. The standard InChI is InChI=1S/C14H10ClN3O3/c15-13-10(6-5-8(16-13)7-12(19)20)18-14-17-9-3-1-2-4-11(9)21-14/h1-6H,7H2,(H,17,18)(H,19,20)/p-1. The third kappa shape index (κ3) is 2.95. The summed E-state index contributed by atoms with van der Waals surface area (Å²) in [7, 11) is 0. The SMILES string of the molecule is O=C([O-])Cc1ccc(Nc2nc3ccccc3o2)c(Cl)n1. The number of carbonyl (C=O) groups is 1. The molecule has 7 heteroatoms. The number of hydrogen-bond donors (Lipinski definition) is 1. The maximum Gasteiger partial charge on any atom is 0.300 e. The largest absolute Gasteiger partial charge is 0.550 e. The normalized spacial score (nSPS) is 10.7. The van der Waals surface area contributed by atoms with Crippen molar-refractivity contribution < 1.29 is 14.3 Å². The van der Waals surface area contributed by atoms with Crippen LogP contribution >= 0.6 is 11.6 Å². The first-order chi connectivity index (χ1) is 10.1. The molecule has 0 aliphatic rings. The van der Waals surface area contributed by atoms with Crippen LogP contribution in [0.1, 0.15) is 5.69 Å². The molecule has 2 aromatic heterocycles. The number of nitrogens with one attached hydrogen (secondary N) is 1. The Hall–Kier alpha value is -2.60. The van der Waals surface area contributed by atoms with E-state index in [1.54, 1.807) is 18.2 Å². The number of fused-ring (bicyclic) bond motifs is 1. The molecule has 1 N–H and O–H groups in total. The predicted octanol–water partition coefficient (Wildman–Crippen LogP) is 1.91. The van der Waals surface area contributed by atoms with Gasteiger partial charge in [0.1, 0.15) is 5.52 Å². The van der Waals surface area contributed by atoms with E-state index in [0.717, 1.165) is 5.52 Å². The Bertz CT molecular complexity index is 783. The lowest BCUT2D eigenvalue weighted by Gasteiger charge is -2.06. The number of aliphatic carboxylic acids is 1. The lowest BCUT2D eigenvalue weighted by Crippen LogP contribution is -2.24. The first-order valence-corrected chi connectivity index (χ1v) is 6.47. The Morgan fingerprint density at radius 3 is 2.76 bits per heavy atom. The fourth-order valence-electron chi connectivity index (χ4n) is 1.85. The summed E-state index contributed by atoms with van der Waals surface area (Å²) >= 11 is 6.01. The van der Waals surface area contributed by atoms with Gasteiger partial charge in [0.25, 0.3) is 6.01 Å². The number of nitrogens with zero attached hydrogens (tertiary/aromatic N) is 2. The maximum atomic E-state index is 10.5. The monoisotopic (exact) mass is 302 g/mol. The van der Waals surface area contributed by atoms with Crippen LogP contribution in [-0.4, -0.2) is 15.9 Å². The third-order valence-corrected chi connectivity index (χ3v) is 3.06. The maximum absolute atomic E-state index is 10.5. The van der Waals surface area contributed by atoms with Crippen molar-refractivity contribution in [2.45, 2.75) is 6.42 Å². The van der Waals surface area contributed by atoms with Crippen molar-refractivity contribution in [2.24, 2.45) is 0 Å². The van der Waals surface area contributed by atoms with Crippen LogP contribution in [0, 0.1) is 0 Å². The number of para-hydroxylation sites is 2. The van der Waals surface area contributed by atoms with Gasteiger partial charge in [0, 0.05) is 18.1 Å². The van der Waals surface area contributed by atoms with E-state index >= 15 is 0 Å². The number of benzene rings is 1. The molecule has 0 bridgehead atoms. The third-order valence-electron chi connectivity index (χ3n) is 2.77. The van der Waals surface area contributed by atoms with Crippen LogP contribution in [0.3, 0.4) is 0 Å². The van der Waals surface area contributed by atoms with E-state index in [2.05, 4.69) is 15.3 Å². The molecule has 3 aromatic rings. The fourth-order valence-corrected chi connectivity index (χ4v) is 2.07. The summed E-state index contributed by atoms with van der Waals surface area (Å²) in [6.45, 7) is 0. The zero-order valence-electron chi connectivity index (χ0n) is 10.7. The number of rotatable bonds is 4. The fraction of sp³-hybridized carbons (Fsp3) is 0.0714. The molecule has 0 unspecified atom stereocenters. The van der Waals surface area contributed by atoms with E-state index < -0.39 is 5.97 Å². The molecular formula is C14H9ClN3O3-. The molecule has 6 nitrogen and oxygen atoms in total. The van der Waals surface area contributed by atoms with Gasteiger partial charge >= 0.3 is 0 Å². The number of carboxylic acid groups (broad SMARTS) is 1. The van der Waals surface area contributed by atoms with Crippen molar-refractivity contribution in [3.05, 3.63) is 47.2 Å². The van der Waals surface area contributed by atoms with Crippen LogP contribution in [0.15, 0.2) is 40.8 Å². The van der Waals surface area contributed by atoms with Crippen LogP contribution in [-0.2, 0) is 11.2 Å². The Kier molecular flexibility index (Phi) is 3.45. The molecule has 3 rings (SSSR count). The molecule has 2 heterocycles. The molecule has 0 aliphatic heterocycles. The molecule has 0 spiro atoms. The Labute approximate surface area is 124 Å². The first kappa shape index (κ1) is 13.4. The van der Waals surface area contributed by atoms with Crippen LogP contribution < -0.4 is 10.4 Å². The molecule has 1 aromatic carbocycles. The number of oxazole rings is 1. The summed E-state index contributed by atoms with van der Waals surface area (Å²) in [5, 5.41) is 13.6. The van der Waals surface area contributed by atoms with Crippen molar-refractivity contribution >= 4 is 40.4 Å². The van der Waals surface area contributed by atoms with Gasteiger partial charge in [-0.15, -0.1) is 0 Å². The molecule has 106 valence electrons. The average Bonchev–Trinajstić information content (AvgIpc) is 2.83. The summed E-state index contributed by atoms with van der Waals surface area (Å²) in [5.74, 6) is -1.21. The molecule has 21 heavy (non-hydrogen) atoms. The minimum Gasteiger partial charge on any atom is -0.550 e. The Morgan fingerprint density at radius 1 is 1.24 bits per heavy atom. The molecule has 0 atom stereocenters. The second-order valence-corrected chi connectivity index (χ2v) is 4.66. The molecule has 0 saturated carbocycles. The summed E-state index contributed by atoms with van der Waals surface area (Å²) in [4.78, 5) is 18.7. The van der Waals surface area contributed by atoms with Crippen molar-refractivity contribution in [3.63, 3.8) is 0 Å². The summed E-state index contributed by atoms with van der Waals surface area (Å²) < 4.78 is 5.51. The van der Waals surface area contributed by atoms with Crippen LogP contribution in [0.2, 0.25) is 5.15 Å². The summed E-state index contributed by atoms with van der Waals surface area (Å²) in [6.07, 6.45) is -0.289. The van der Waals surface area contributed by atoms with Crippen LogP contribution in [0.4, 0.5) is 11.7 Å². The predicted molar refractivity (Wildman–Crippen MR) is 75.2 cm³/mol. The second kappa shape index (κ2) is 5.41. The van der Waals surface area contributed by atoms with E-state index in [1.165, 1.54) is 0 Å². The van der Waals surface area contributed by atoms with Gasteiger partial charge in [-0.05, 0) is 24.3 Å². The van der Waals surface area contributed by atoms with E-state index in [4.69, 9.17) is 16.0 Å². The van der Waals surface area contributed by atoms with Crippen molar-refractivity contribution in [3.8, 4) is 0 Å². The topological polar surface area (TPSA) is 91.1 Å². The minimum absolute atomic E-state index is 0.135. The number of hydrogen-bond acceptors (Lipinski definition) is 6. The van der Waals surface area contributed by atoms with Gasteiger partial charge < -0.3 is 19.6 Å². The van der Waals surface area contributed by atoms with Crippen molar-refractivity contribution in [2.75, 3.05) is 5.32 Å². The van der Waals surface area contributed by atoms with Crippen molar-refractivity contribution in [1.82, 2.24) is 9.97 Å². The highest BCUT2D eigenvalue weighted by atomic mass is 35.5. The first-order valence-electron chi connectivity index (χ1n) is 6.10. The zero-order chi connectivity index (χ0) is 14.8. The number of carboxylic acids is 1. The van der Waals surface area contributed by atoms with Gasteiger partial charge in [-0.1, -0.05) is 23.7 Å². The molecule has 0 radical (unpaired) electrons. The van der Waals surface area contributed by atoms with Gasteiger partial charge in [0.15, 0.2) is 10.7 Å². The highest BCUT2D eigenvalue weighted by Crippen LogP contribution is 2.26. The molecular weight excluding hydrogens is 294 g/mol. The Morgan fingerprint density at radius 2 is 2.05 bits per heavy atom. The van der Waals surface area contributed by atoms with Gasteiger partial charge in [0.2, 0.25) is 0 Å². The molecule has 0 fully saturated rings. The van der Waals surface area contributed by atoms with E-state index in [0.29, 0.717) is 17.0 Å². The van der Waals surface area contributed by atoms with Crippen molar-refractivity contribution in [1.29, 1.82) is 0 Å². The highest BCUT2D eigenvalue weighted by Gasteiger charge is 2.09. The minimum atomic E-state index is -1.21. The highest BCUT2D eigenvalue weighted by molar-refractivity contribution is 6.32. The summed E-state index contributed by atoms with van der Waals surface area (Å²) in [6, 6.07) is 10.8. The van der Waals surface area contributed by atoms with E-state index in [9.17, 15) is 9.90 Å². The molecule has 0 amide bonds. The molecule has 0 saturated heterocycles. The number of anilines is 2. The van der Waals surface area contributed by atoms with Gasteiger partial charge in [0.05, 0.1) is 5.69 Å². The number of carbonyl (C=O) groups excluding carboxylic acids is 1. The lowest BCUT2D eigenvalue weighted by molar-refractivity contribution is -0.304. The summed E-state index contributed by atoms with van der Waals surface area (Å²) in [5.41, 5.74) is 2.17. The van der Waals surface area contributed by atoms with E-state index in [-0.39, 0.29) is 17.6 Å². The second-order valence-electron chi connectivity index (χ2n) is 4.30. The van der Waals surface area contributed by atoms with Gasteiger partial charge in [-0.2, -0.15) is 4.98 Å². The average molecular weight is 303 g/mol. The molecule has 0 aliphatic carbocycles. The van der Waals surface area contributed by atoms with E-state index in [1.807, 2.05) is 18.2 Å². The number of aromatic nitrogens is 2. The quantitative estimate of drug-likeness (QED) is 0.740. The lowest BCUT2D eigenvalue weighted by atomic mass is 10.2.